The first kappa shape index (κ1) is 12.0. The number of esters is 1. The van der Waals surface area contributed by atoms with Crippen LogP contribution in [0.2, 0.25) is 0 Å². The zero-order valence-corrected chi connectivity index (χ0v) is 9.32. The second-order valence-corrected chi connectivity index (χ2v) is 4.62. The fourth-order valence-electron chi connectivity index (χ4n) is 1.22. The highest BCUT2D eigenvalue weighted by atomic mass is 32.1. The number of halogens is 3. The van der Waals surface area contributed by atoms with Crippen molar-refractivity contribution in [1.29, 1.82) is 0 Å². The molecule has 0 unspecified atom stereocenters. The van der Waals surface area contributed by atoms with Crippen LogP contribution >= 0.6 is 11.3 Å². The SMILES string of the molecule is O=C(OC#CC1(C(F)(F)F)CC1)c1cccs1. The maximum absolute atomic E-state index is 12.5. The Kier molecular flexibility index (Phi) is 2.87. The van der Waals surface area contributed by atoms with Crippen LogP contribution in [0.5, 0.6) is 0 Å². The van der Waals surface area contributed by atoms with E-state index in [1.165, 1.54) is 6.07 Å². The molecule has 90 valence electrons. The Bertz CT molecular complexity index is 475. The lowest BCUT2D eigenvalue weighted by Gasteiger charge is -2.11. The second-order valence-electron chi connectivity index (χ2n) is 3.67. The van der Waals surface area contributed by atoms with Crippen molar-refractivity contribution in [3.63, 3.8) is 0 Å². The Hall–Kier alpha value is -1.48. The summed E-state index contributed by atoms with van der Waals surface area (Å²) in [4.78, 5) is 11.6. The zero-order chi connectivity index (χ0) is 12.5. The van der Waals surface area contributed by atoms with Crippen LogP contribution in [0, 0.1) is 17.4 Å². The molecule has 1 aliphatic rings. The highest BCUT2D eigenvalue weighted by Crippen LogP contribution is 2.57. The third kappa shape index (κ3) is 2.44. The summed E-state index contributed by atoms with van der Waals surface area (Å²) in [5.74, 6) is 1.27. The predicted octanol–water partition coefficient (Wildman–Crippen LogP) is 3.21. The van der Waals surface area contributed by atoms with E-state index < -0.39 is 17.6 Å². The molecule has 0 aliphatic heterocycles. The van der Waals surface area contributed by atoms with Gasteiger partial charge < -0.3 is 4.74 Å². The Morgan fingerprint density at radius 3 is 2.65 bits per heavy atom. The third-order valence-electron chi connectivity index (χ3n) is 2.45. The average Bonchev–Trinajstić information content (AvgIpc) is 2.85. The average molecular weight is 260 g/mol. The molecule has 1 heterocycles. The Morgan fingerprint density at radius 2 is 2.18 bits per heavy atom. The van der Waals surface area contributed by atoms with Crippen molar-refractivity contribution in [2.75, 3.05) is 0 Å². The van der Waals surface area contributed by atoms with Crippen LogP contribution in [0.4, 0.5) is 13.2 Å². The Labute approximate surface area is 99.4 Å². The first-order valence-electron chi connectivity index (χ1n) is 4.78. The maximum atomic E-state index is 12.5. The van der Waals surface area contributed by atoms with E-state index in [0.29, 0.717) is 4.88 Å². The Morgan fingerprint density at radius 1 is 1.47 bits per heavy atom. The monoisotopic (exact) mass is 260 g/mol. The minimum atomic E-state index is -4.35. The summed E-state index contributed by atoms with van der Waals surface area (Å²) >= 11 is 1.15. The lowest BCUT2D eigenvalue weighted by molar-refractivity contribution is -0.169. The van der Waals surface area contributed by atoms with Crippen molar-refractivity contribution in [2.24, 2.45) is 5.41 Å². The molecule has 1 aliphatic carbocycles. The van der Waals surface area contributed by atoms with E-state index in [4.69, 9.17) is 0 Å². The summed E-state index contributed by atoms with van der Waals surface area (Å²) in [6.45, 7) is 0. The van der Waals surface area contributed by atoms with Crippen LogP contribution in [0.15, 0.2) is 17.5 Å². The van der Waals surface area contributed by atoms with Crippen molar-refractivity contribution < 1.29 is 22.7 Å². The molecule has 0 spiro atoms. The molecule has 2 rings (SSSR count). The molecule has 1 aromatic rings. The van der Waals surface area contributed by atoms with E-state index in [9.17, 15) is 18.0 Å². The molecule has 0 amide bonds. The molecule has 0 saturated heterocycles. The van der Waals surface area contributed by atoms with Gasteiger partial charge in [0, 0.05) is 0 Å². The summed E-state index contributed by atoms with van der Waals surface area (Å²) in [6.07, 6.45) is -2.54. The molecule has 6 heteroatoms. The van der Waals surface area contributed by atoms with E-state index in [0.717, 1.165) is 11.3 Å². The highest BCUT2D eigenvalue weighted by molar-refractivity contribution is 7.11. The molecule has 1 fully saturated rings. The van der Waals surface area contributed by atoms with Gasteiger partial charge in [0.15, 0.2) is 0 Å². The number of rotatable bonds is 1. The largest absolute Gasteiger partial charge is 0.405 e. The molecule has 2 nitrogen and oxygen atoms in total. The predicted molar refractivity (Wildman–Crippen MR) is 55.2 cm³/mol. The first-order chi connectivity index (χ1) is 7.95. The van der Waals surface area contributed by atoms with Gasteiger partial charge in [-0.15, -0.1) is 11.3 Å². The molecule has 1 saturated carbocycles. The van der Waals surface area contributed by atoms with Crippen LogP contribution in [-0.4, -0.2) is 12.1 Å². The van der Waals surface area contributed by atoms with Crippen LogP contribution in [0.25, 0.3) is 0 Å². The van der Waals surface area contributed by atoms with Gasteiger partial charge in [-0.2, -0.15) is 13.2 Å². The van der Waals surface area contributed by atoms with Crippen LogP contribution in [0.3, 0.4) is 0 Å². The minimum absolute atomic E-state index is 0.0277. The van der Waals surface area contributed by atoms with Gasteiger partial charge in [0.05, 0.1) is 0 Å². The molecule has 0 bridgehead atoms. The normalized spacial score (nSPS) is 16.9. The number of carbonyl (C=O) groups is 1. The fourth-order valence-corrected chi connectivity index (χ4v) is 1.82. The fraction of sp³-hybridized carbons (Fsp3) is 0.364. The van der Waals surface area contributed by atoms with Crippen LogP contribution < -0.4 is 0 Å². The van der Waals surface area contributed by atoms with Crippen LogP contribution in [0.1, 0.15) is 22.5 Å². The number of ether oxygens (including phenoxy) is 1. The highest BCUT2D eigenvalue weighted by Gasteiger charge is 2.62. The van der Waals surface area contributed by atoms with Gasteiger partial charge in [0.25, 0.3) is 0 Å². The van der Waals surface area contributed by atoms with Gasteiger partial charge >= 0.3 is 12.1 Å². The summed E-state index contributed by atoms with van der Waals surface area (Å²) in [6, 6.07) is 3.16. The smallest absolute Gasteiger partial charge is 0.368 e. The number of hydrogen-bond donors (Lipinski definition) is 0. The minimum Gasteiger partial charge on any atom is -0.368 e. The van der Waals surface area contributed by atoms with Crippen molar-refractivity contribution in [3.8, 4) is 12.0 Å². The third-order valence-corrected chi connectivity index (χ3v) is 3.30. The summed E-state index contributed by atoms with van der Waals surface area (Å²) in [7, 11) is 0. The van der Waals surface area contributed by atoms with Crippen molar-refractivity contribution in [2.45, 2.75) is 19.0 Å². The molecule has 0 atom stereocenters. The van der Waals surface area contributed by atoms with Gasteiger partial charge in [-0.05, 0) is 30.2 Å². The Balaban J connectivity index is 1.98. The van der Waals surface area contributed by atoms with Gasteiger partial charge in [-0.1, -0.05) is 6.07 Å². The second kappa shape index (κ2) is 4.08. The van der Waals surface area contributed by atoms with Crippen molar-refractivity contribution >= 4 is 17.3 Å². The quantitative estimate of drug-likeness (QED) is 0.572. The standard InChI is InChI=1S/C11H7F3O2S/c12-11(13,14)10(3-4-10)5-6-16-9(15)8-2-1-7-17-8/h1-2,7H,3-4H2. The van der Waals surface area contributed by atoms with Crippen molar-refractivity contribution in [3.05, 3.63) is 22.4 Å². The lowest BCUT2D eigenvalue weighted by atomic mass is 10.1. The van der Waals surface area contributed by atoms with E-state index in [2.05, 4.69) is 4.74 Å². The van der Waals surface area contributed by atoms with Gasteiger partial charge in [-0.3, -0.25) is 0 Å². The topological polar surface area (TPSA) is 26.3 Å². The van der Waals surface area contributed by atoms with Gasteiger partial charge in [-0.25, -0.2) is 4.79 Å². The molecular formula is C11H7F3O2S. The van der Waals surface area contributed by atoms with Gasteiger partial charge in [0.1, 0.15) is 16.4 Å². The first-order valence-corrected chi connectivity index (χ1v) is 5.66. The van der Waals surface area contributed by atoms with E-state index in [1.54, 1.807) is 11.4 Å². The zero-order valence-electron chi connectivity index (χ0n) is 8.50. The van der Waals surface area contributed by atoms with Crippen LogP contribution in [-0.2, 0) is 4.74 Å². The lowest BCUT2D eigenvalue weighted by Crippen LogP contribution is -2.22. The molecular weight excluding hydrogens is 253 g/mol. The number of carbonyl (C=O) groups excluding carboxylic acids is 1. The number of alkyl halides is 3. The number of thiophene rings is 1. The van der Waals surface area contributed by atoms with Crippen molar-refractivity contribution in [1.82, 2.24) is 0 Å². The molecule has 17 heavy (non-hydrogen) atoms. The van der Waals surface area contributed by atoms with Gasteiger partial charge in [0.2, 0.25) is 0 Å². The number of hydrogen-bond acceptors (Lipinski definition) is 3. The molecule has 0 radical (unpaired) electrons. The summed E-state index contributed by atoms with van der Waals surface area (Å²) in [5, 5.41) is 1.67. The molecule has 1 aromatic heterocycles. The maximum Gasteiger partial charge on any atom is 0.405 e. The van der Waals surface area contributed by atoms with E-state index in [1.807, 2.05) is 12.0 Å². The summed E-state index contributed by atoms with van der Waals surface area (Å²) in [5.41, 5.74) is -1.96. The van der Waals surface area contributed by atoms with E-state index >= 15 is 0 Å². The van der Waals surface area contributed by atoms with E-state index in [-0.39, 0.29) is 12.8 Å². The molecule has 0 aromatic carbocycles. The summed E-state index contributed by atoms with van der Waals surface area (Å²) < 4.78 is 41.8. The molecule has 0 N–H and O–H groups in total.